The van der Waals surface area contributed by atoms with Crippen molar-refractivity contribution in [3.8, 4) is 0 Å². The molecular formula is C19H27N3O4. The Balaban J connectivity index is 1.65. The van der Waals surface area contributed by atoms with Crippen LogP contribution in [0.15, 0.2) is 30.3 Å². The van der Waals surface area contributed by atoms with Crippen LogP contribution in [0.5, 0.6) is 0 Å². The van der Waals surface area contributed by atoms with Gasteiger partial charge in [-0.3, -0.25) is 4.79 Å². The van der Waals surface area contributed by atoms with Gasteiger partial charge in [0.1, 0.15) is 5.41 Å². The van der Waals surface area contributed by atoms with Gasteiger partial charge in [-0.25, -0.2) is 4.79 Å². The summed E-state index contributed by atoms with van der Waals surface area (Å²) >= 11 is 0. The minimum absolute atomic E-state index is 0.0441. The first-order chi connectivity index (χ1) is 12.4. The van der Waals surface area contributed by atoms with E-state index in [1.807, 2.05) is 49.3 Å². The Hall–Kier alpha value is -2.12. The largest absolute Gasteiger partial charge is 0.481 e. The third-order valence-electron chi connectivity index (χ3n) is 5.33. The summed E-state index contributed by atoms with van der Waals surface area (Å²) in [5.41, 5.74) is 0.210. The van der Waals surface area contributed by atoms with Crippen molar-refractivity contribution in [2.45, 2.75) is 12.5 Å². The van der Waals surface area contributed by atoms with Gasteiger partial charge in [0.25, 0.3) is 0 Å². The Kier molecular flexibility index (Phi) is 5.48. The lowest BCUT2D eigenvalue weighted by Crippen LogP contribution is -2.49. The van der Waals surface area contributed by atoms with E-state index < -0.39 is 11.4 Å². The second-order valence-corrected chi connectivity index (χ2v) is 7.65. The van der Waals surface area contributed by atoms with Crippen LogP contribution in [0.3, 0.4) is 0 Å². The number of fused-ring (bicyclic) bond motifs is 1. The lowest BCUT2D eigenvalue weighted by molar-refractivity contribution is -0.149. The fourth-order valence-corrected chi connectivity index (χ4v) is 3.96. The van der Waals surface area contributed by atoms with Crippen LogP contribution in [0.2, 0.25) is 0 Å². The number of carboxylic acid groups (broad SMARTS) is 1. The molecule has 0 aliphatic carbocycles. The molecule has 3 atom stereocenters. The van der Waals surface area contributed by atoms with Gasteiger partial charge in [0, 0.05) is 31.6 Å². The fourth-order valence-electron chi connectivity index (χ4n) is 3.96. The standard InChI is InChI=1S/C19H27N3O4/c1-21(2)10-16(8-14-6-4-3-5-7-14)20-18(25)22-9-15-11-26-13-19(15,12-22)17(23)24/h3-7,15-16H,8-13H2,1-2H3,(H,20,25)(H,23,24)/t15-,16?,19-/m1/s1. The highest BCUT2D eigenvalue weighted by Gasteiger charge is 2.57. The van der Waals surface area contributed by atoms with Crippen molar-refractivity contribution in [3.05, 3.63) is 35.9 Å². The van der Waals surface area contributed by atoms with E-state index in [-0.39, 0.29) is 31.1 Å². The smallest absolute Gasteiger partial charge is 0.317 e. The number of urea groups is 1. The number of ether oxygens (including phenoxy) is 1. The van der Waals surface area contributed by atoms with Gasteiger partial charge in [0.15, 0.2) is 0 Å². The number of carbonyl (C=O) groups excluding carboxylic acids is 1. The number of nitrogens with zero attached hydrogens (tertiary/aromatic N) is 2. The first kappa shape index (κ1) is 18.7. The van der Waals surface area contributed by atoms with E-state index in [9.17, 15) is 14.7 Å². The molecule has 2 N–H and O–H groups in total. The Morgan fingerprint density at radius 3 is 2.73 bits per heavy atom. The van der Waals surface area contributed by atoms with Crippen LogP contribution in [-0.4, -0.2) is 79.9 Å². The summed E-state index contributed by atoms with van der Waals surface area (Å²) in [6.45, 7) is 1.94. The highest BCUT2D eigenvalue weighted by atomic mass is 16.5. The molecule has 3 rings (SSSR count). The number of amides is 2. The topological polar surface area (TPSA) is 82.1 Å². The summed E-state index contributed by atoms with van der Waals surface area (Å²) in [6.07, 6.45) is 0.731. The Labute approximate surface area is 153 Å². The van der Waals surface area contributed by atoms with Gasteiger partial charge in [-0.1, -0.05) is 30.3 Å². The second kappa shape index (κ2) is 7.63. The SMILES string of the molecule is CN(C)CC(Cc1ccccc1)NC(=O)N1C[C@@H]2COC[C@]2(C(=O)O)C1. The number of rotatable bonds is 6. The van der Waals surface area contributed by atoms with E-state index in [1.54, 1.807) is 4.90 Å². The van der Waals surface area contributed by atoms with Gasteiger partial charge in [-0.15, -0.1) is 0 Å². The average molecular weight is 361 g/mol. The summed E-state index contributed by atoms with van der Waals surface area (Å²) in [5.74, 6) is -1.00. The molecule has 0 saturated carbocycles. The van der Waals surface area contributed by atoms with Gasteiger partial charge < -0.3 is 25.0 Å². The Morgan fingerprint density at radius 2 is 2.12 bits per heavy atom. The third-order valence-corrected chi connectivity index (χ3v) is 5.33. The number of likely N-dealkylation sites (N-methyl/N-ethyl adjacent to an activating group) is 1. The van der Waals surface area contributed by atoms with Crippen LogP contribution in [0.4, 0.5) is 4.79 Å². The van der Waals surface area contributed by atoms with Crippen molar-refractivity contribution in [3.63, 3.8) is 0 Å². The molecule has 2 aliphatic rings. The van der Waals surface area contributed by atoms with Crippen molar-refractivity contribution in [1.29, 1.82) is 0 Å². The van der Waals surface area contributed by atoms with Crippen LogP contribution in [0.1, 0.15) is 5.56 Å². The van der Waals surface area contributed by atoms with Crippen LogP contribution in [0, 0.1) is 11.3 Å². The molecule has 0 aromatic heterocycles. The van der Waals surface area contributed by atoms with Gasteiger partial charge in [-0.2, -0.15) is 0 Å². The minimum atomic E-state index is -0.951. The fraction of sp³-hybridized carbons (Fsp3) is 0.579. The molecule has 26 heavy (non-hydrogen) atoms. The molecule has 7 nitrogen and oxygen atoms in total. The van der Waals surface area contributed by atoms with E-state index >= 15 is 0 Å². The maximum absolute atomic E-state index is 12.8. The average Bonchev–Trinajstić information content (AvgIpc) is 3.13. The zero-order valence-corrected chi connectivity index (χ0v) is 15.4. The monoisotopic (exact) mass is 361 g/mol. The summed E-state index contributed by atoms with van der Waals surface area (Å²) < 4.78 is 5.37. The number of likely N-dealkylation sites (tertiary alicyclic amines) is 1. The van der Waals surface area contributed by atoms with E-state index in [0.717, 1.165) is 12.0 Å². The molecule has 2 amide bonds. The predicted molar refractivity (Wildman–Crippen MR) is 97.0 cm³/mol. The van der Waals surface area contributed by atoms with Gasteiger partial charge in [0.2, 0.25) is 0 Å². The van der Waals surface area contributed by atoms with E-state index in [0.29, 0.717) is 19.7 Å². The summed E-state index contributed by atoms with van der Waals surface area (Å²) in [5, 5.41) is 12.7. The number of carboxylic acids is 1. The molecule has 0 spiro atoms. The Morgan fingerprint density at radius 1 is 1.38 bits per heavy atom. The van der Waals surface area contributed by atoms with Gasteiger partial charge >= 0.3 is 12.0 Å². The molecule has 0 bridgehead atoms. The Bertz CT molecular complexity index is 651. The maximum Gasteiger partial charge on any atom is 0.317 e. The number of hydrogen-bond donors (Lipinski definition) is 2. The van der Waals surface area contributed by atoms with Crippen LogP contribution in [0.25, 0.3) is 0 Å². The number of hydrogen-bond acceptors (Lipinski definition) is 4. The lowest BCUT2D eigenvalue weighted by atomic mass is 9.81. The zero-order valence-electron chi connectivity index (χ0n) is 15.4. The lowest BCUT2D eigenvalue weighted by Gasteiger charge is -2.27. The van der Waals surface area contributed by atoms with Gasteiger partial charge in [-0.05, 0) is 26.1 Å². The van der Waals surface area contributed by atoms with E-state index in [1.165, 1.54) is 0 Å². The summed E-state index contributed by atoms with van der Waals surface area (Å²) in [4.78, 5) is 28.2. The molecule has 2 aliphatic heterocycles. The predicted octanol–water partition coefficient (Wildman–Crippen LogP) is 0.902. The van der Waals surface area contributed by atoms with Crippen molar-refractivity contribution in [2.24, 2.45) is 11.3 Å². The van der Waals surface area contributed by atoms with Gasteiger partial charge in [0.05, 0.1) is 13.2 Å². The first-order valence-corrected chi connectivity index (χ1v) is 8.96. The molecule has 1 aromatic carbocycles. The van der Waals surface area contributed by atoms with E-state index in [4.69, 9.17) is 4.74 Å². The van der Waals surface area contributed by atoms with Crippen LogP contribution in [-0.2, 0) is 16.0 Å². The molecule has 1 unspecified atom stereocenters. The van der Waals surface area contributed by atoms with Crippen molar-refractivity contribution < 1.29 is 19.4 Å². The zero-order chi connectivity index (χ0) is 18.7. The minimum Gasteiger partial charge on any atom is -0.481 e. The quantitative estimate of drug-likeness (QED) is 0.787. The molecular weight excluding hydrogens is 334 g/mol. The maximum atomic E-state index is 12.8. The number of carbonyl (C=O) groups is 2. The molecule has 2 fully saturated rings. The molecule has 2 saturated heterocycles. The van der Waals surface area contributed by atoms with Crippen molar-refractivity contribution >= 4 is 12.0 Å². The molecule has 7 heteroatoms. The van der Waals surface area contributed by atoms with Crippen molar-refractivity contribution in [1.82, 2.24) is 15.1 Å². The summed E-state index contributed by atoms with van der Waals surface area (Å²) in [7, 11) is 3.95. The van der Waals surface area contributed by atoms with E-state index in [2.05, 4.69) is 5.32 Å². The third kappa shape index (κ3) is 3.83. The van der Waals surface area contributed by atoms with Crippen molar-refractivity contribution in [2.75, 3.05) is 46.9 Å². The molecule has 142 valence electrons. The van der Waals surface area contributed by atoms with Crippen LogP contribution < -0.4 is 5.32 Å². The highest BCUT2D eigenvalue weighted by molar-refractivity contribution is 5.80. The first-order valence-electron chi connectivity index (χ1n) is 8.96. The van der Waals surface area contributed by atoms with Crippen LogP contribution >= 0.6 is 0 Å². The number of nitrogens with one attached hydrogen (secondary N) is 1. The number of aliphatic carboxylic acids is 1. The highest BCUT2D eigenvalue weighted by Crippen LogP contribution is 2.41. The number of benzene rings is 1. The second-order valence-electron chi connectivity index (χ2n) is 7.65. The molecule has 2 heterocycles. The normalized spacial score (nSPS) is 26.0. The summed E-state index contributed by atoms with van der Waals surface area (Å²) in [6, 6.07) is 9.81. The molecule has 1 aromatic rings. The molecule has 0 radical (unpaired) electrons.